The van der Waals surface area contributed by atoms with Crippen molar-refractivity contribution in [3.63, 3.8) is 0 Å². The Labute approximate surface area is 77.5 Å². The molecule has 1 aliphatic rings. The number of cyclic esters (lactones) is 1. The van der Waals surface area contributed by atoms with E-state index in [1.54, 1.807) is 0 Å². The summed E-state index contributed by atoms with van der Waals surface area (Å²) in [4.78, 5) is 11.4. The second kappa shape index (κ2) is 2.87. The molecule has 2 heteroatoms. The average molecular weight is 176 g/mol. The topological polar surface area (TPSA) is 26.3 Å². The van der Waals surface area contributed by atoms with Crippen molar-refractivity contribution >= 4 is 5.97 Å². The number of esters is 1. The lowest BCUT2D eigenvalue weighted by Crippen LogP contribution is -2.05. The zero-order valence-electron chi connectivity index (χ0n) is 7.78. The van der Waals surface area contributed by atoms with Gasteiger partial charge in [-0.15, -0.1) is 0 Å². The first-order valence-electron chi connectivity index (χ1n) is 4.50. The first-order valence-corrected chi connectivity index (χ1v) is 4.50. The third kappa shape index (κ3) is 1.22. The van der Waals surface area contributed by atoms with E-state index < -0.39 is 0 Å². The number of fused-ring (bicyclic) bond motifs is 1. The van der Waals surface area contributed by atoms with Crippen LogP contribution >= 0.6 is 0 Å². The lowest BCUT2D eigenvalue weighted by molar-refractivity contribution is 0.0280. The van der Waals surface area contributed by atoms with Crippen LogP contribution in [-0.4, -0.2) is 5.97 Å². The molecule has 1 aromatic rings. The van der Waals surface area contributed by atoms with E-state index in [0.29, 0.717) is 5.92 Å². The van der Waals surface area contributed by atoms with E-state index in [9.17, 15) is 4.79 Å². The van der Waals surface area contributed by atoms with Crippen molar-refractivity contribution in [3.8, 4) is 0 Å². The normalized spacial score (nSPS) is 20.2. The van der Waals surface area contributed by atoms with Crippen LogP contribution in [0.15, 0.2) is 24.3 Å². The molecule has 0 saturated carbocycles. The molecule has 2 rings (SSSR count). The van der Waals surface area contributed by atoms with Gasteiger partial charge in [-0.1, -0.05) is 32.0 Å². The maximum atomic E-state index is 11.4. The molecule has 0 unspecified atom stereocenters. The van der Waals surface area contributed by atoms with Gasteiger partial charge in [-0.2, -0.15) is 0 Å². The summed E-state index contributed by atoms with van der Waals surface area (Å²) < 4.78 is 5.25. The number of carbonyl (C=O) groups excluding carboxylic acids is 1. The van der Waals surface area contributed by atoms with Gasteiger partial charge in [-0.3, -0.25) is 0 Å². The largest absolute Gasteiger partial charge is 0.454 e. The van der Waals surface area contributed by atoms with Crippen molar-refractivity contribution in [2.24, 2.45) is 5.92 Å². The number of benzene rings is 1. The first kappa shape index (κ1) is 8.30. The van der Waals surface area contributed by atoms with Crippen molar-refractivity contribution in [3.05, 3.63) is 35.4 Å². The molecule has 0 saturated heterocycles. The van der Waals surface area contributed by atoms with E-state index in [4.69, 9.17) is 4.74 Å². The van der Waals surface area contributed by atoms with Crippen molar-refractivity contribution in [2.45, 2.75) is 20.0 Å². The van der Waals surface area contributed by atoms with Crippen molar-refractivity contribution in [2.75, 3.05) is 0 Å². The molecule has 0 spiro atoms. The van der Waals surface area contributed by atoms with Gasteiger partial charge in [0, 0.05) is 5.56 Å². The second-order valence-corrected chi connectivity index (χ2v) is 3.66. The summed E-state index contributed by atoms with van der Waals surface area (Å²) in [5, 5.41) is 0. The summed E-state index contributed by atoms with van der Waals surface area (Å²) in [6.07, 6.45) is -0.0521. The van der Waals surface area contributed by atoms with E-state index >= 15 is 0 Å². The molecular formula is C11H12O2. The fraction of sp³-hybridized carbons (Fsp3) is 0.364. The average Bonchev–Trinajstić information content (AvgIpc) is 2.45. The Bertz CT molecular complexity index is 342. The molecule has 68 valence electrons. The van der Waals surface area contributed by atoms with E-state index in [0.717, 1.165) is 11.1 Å². The minimum atomic E-state index is -0.186. The Morgan fingerprint density at radius 2 is 2.00 bits per heavy atom. The van der Waals surface area contributed by atoms with Crippen LogP contribution in [0.3, 0.4) is 0 Å². The summed E-state index contributed by atoms with van der Waals surface area (Å²) in [6, 6.07) is 7.59. The Balaban J connectivity index is 2.47. The van der Waals surface area contributed by atoms with Crippen LogP contribution in [0.2, 0.25) is 0 Å². The summed E-state index contributed by atoms with van der Waals surface area (Å²) in [7, 11) is 0. The number of carbonyl (C=O) groups is 1. The van der Waals surface area contributed by atoms with Gasteiger partial charge in [-0.05, 0) is 12.0 Å². The molecule has 1 aliphatic heterocycles. The van der Waals surface area contributed by atoms with Gasteiger partial charge >= 0.3 is 5.97 Å². The lowest BCUT2D eigenvalue weighted by atomic mass is 9.97. The van der Waals surface area contributed by atoms with Gasteiger partial charge in [0.2, 0.25) is 0 Å². The van der Waals surface area contributed by atoms with Gasteiger partial charge in [0.1, 0.15) is 6.10 Å². The molecular weight excluding hydrogens is 164 g/mol. The molecule has 2 nitrogen and oxygen atoms in total. The van der Waals surface area contributed by atoms with Crippen LogP contribution in [0, 0.1) is 5.92 Å². The van der Waals surface area contributed by atoms with E-state index in [1.807, 2.05) is 24.3 Å². The fourth-order valence-electron chi connectivity index (χ4n) is 1.67. The third-order valence-corrected chi connectivity index (χ3v) is 2.33. The molecule has 0 aromatic heterocycles. The summed E-state index contributed by atoms with van der Waals surface area (Å²) in [6.45, 7) is 4.11. The maximum Gasteiger partial charge on any atom is 0.339 e. The zero-order chi connectivity index (χ0) is 9.42. The Kier molecular flexibility index (Phi) is 1.83. The Morgan fingerprint density at radius 1 is 1.31 bits per heavy atom. The molecule has 13 heavy (non-hydrogen) atoms. The molecule has 1 atom stereocenters. The van der Waals surface area contributed by atoms with Crippen LogP contribution in [0.5, 0.6) is 0 Å². The van der Waals surface area contributed by atoms with E-state index in [2.05, 4.69) is 13.8 Å². The minimum absolute atomic E-state index is 0.0521. The minimum Gasteiger partial charge on any atom is -0.454 e. The zero-order valence-corrected chi connectivity index (χ0v) is 7.78. The number of hydrogen-bond donors (Lipinski definition) is 0. The highest BCUT2D eigenvalue weighted by Gasteiger charge is 2.32. The van der Waals surface area contributed by atoms with Gasteiger partial charge in [0.05, 0.1) is 5.56 Å². The number of rotatable bonds is 1. The van der Waals surface area contributed by atoms with E-state index in [1.165, 1.54) is 0 Å². The highest BCUT2D eigenvalue weighted by Crippen LogP contribution is 2.35. The van der Waals surface area contributed by atoms with Crippen molar-refractivity contribution < 1.29 is 9.53 Å². The summed E-state index contributed by atoms with van der Waals surface area (Å²) >= 11 is 0. The number of ether oxygens (including phenoxy) is 1. The molecule has 1 aromatic carbocycles. The predicted octanol–water partition coefficient (Wildman–Crippen LogP) is 2.55. The van der Waals surface area contributed by atoms with Gasteiger partial charge in [0.25, 0.3) is 0 Å². The highest BCUT2D eigenvalue weighted by molar-refractivity contribution is 5.93. The molecule has 0 fully saturated rings. The smallest absolute Gasteiger partial charge is 0.339 e. The molecule has 0 radical (unpaired) electrons. The Morgan fingerprint density at radius 3 is 2.69 bits per heavy atom. The molecule has 0 bridgehead atoms. The fourth-order valence-corrected chi connectivity index (χ4v) is 1.67. The lowest BCUT2D eigenvalue weighted by Gasteiger charge is -2.13. The van der Waals surface area contributed by atoms with Crippen LogP contribution < -0.4 is 0 Å². The van der Waals surface area contributed by atoms with E-state index in [-0.39, 0.29) is 12.1 Å². The van der Waals surface area contributed by atoms with Gasteiger partial charge in [0.15, 0.2) is 0 Å². The van der Waals surface area contributed by atoms with Crippen LogP contribution in [0.4, 0.5) is 0 Å². The predicted molar refractivity (Wildman–Crippen MR) is 49.4 cm³/mol. The molecule has 0 amide bonds. The quantitative estimate of drug-likeness (QED) is 0.615. The monoisotopic (exact) mass is 176 g/mol. The third-order valence-electron chi connectivity index (χ3n) is 2.33. The first-order chi connectivity index (χ1) is 6.20. The summed E-state index contributed by atoms with van der Waals surface area (Å²) in [5.74, 6) is 0.155. The van der Waals surface area contributed by atoms with Gasteiger partial charge in [-0.25, -0.2) is 4.79 Å². The second-order valence-electron chi connectivity index (χ2n) is 3.66. The molecule has 0 aliphatic carbocycles. The van der Waals surface area contributed by atoms with Gasteiger partial charge < -0.3 is 4.74 Å². The standard InChI is InChI=1S/C11H12O2/c1-7(2)10-8-5-3-4-6-9(8)11(12)13-10/h3-7,10H,1-2H3/t10-/m1/s1. The van der Waals surface area contributed by atoms with Crippen molar-refractivity contribution in [1.82, 2.24) is 0 Å². The SMILES string of the molecule is CC(C)[C@H]1OC(=O)c2ccccc21. The molecule has 1 heterocycles. The van der Waals surface area contributed by atoms with Crippen molar-refractivity contribution in [1.29, 1.82) is 0 Å². The maximum absolute atomic E-state index is 11.4. The van der Waals surface area contributed by atoms with Crippen LogP contribution in [0.1, 0.15) is 35.9 Å². The Hall–Kier alpha value is -1.31. The summed E-state index contributed by atoms with van der Waals surface area (Å²) in [5.41, 5.74) is 1.75. The number of hydrogen-bond acceptors (Lipinski definition) is 2. The highest BCUT2D eigenvalue weighted by atomic mass is 16.5. The molecule has 0 N–H and O–H groups in total. The van der Waals surface area contributed by atoms with Crippen LogP contribution in [0.25, 0.3) is 0 Å². The van der Waals surface area contributed by atoms with Crippen LogP contribution in [-0.2, 0) is 4.74 Å².